The van der Waals surface area contributed by atoms with E-state index in [1.165, 1.54) is 0 Å². The maximum atomic E-state index is 12.0. The second-order valence-electron chi connectivity index (χ2n) is 2.36. The minimum atomic E-state index is -2.24. The molecule has 0 rings (SSSR count). The minimum Gasteiger partial charge on any atom is -0.461 e. The molecule has 0 aromatic rings. The lowest BCUT2D eigenvalue weighted by Gasteiger charge is -2.09. The molecule has 0 saturated heterocycles. The quantitative estimate of drug-likeness (QED) is 0.321. The van der Waals surface area contributed by atoms with Crippen LogP contribution in [0.5, 0.6) is 0 Å². The molecule has 0 heterocycles. The first-order valence-corrected chi connectivity index (χ1v) is 7.95. The van der Waals surface area contributed by atoms with Crippen molar-refractivity contribution in [2.24, 2.45) is 0 Å². The highest BCUT2D eigenvalue weighted by Crippen LogP contribution is 2.19. The average Bonchev–Trinajstić information content (AvgIpc) is 1.84. The molecule has 0 aliphatic heterocycles. The van der Waals surface area contributed by atoms with E-state index in [4.69, 9.17) is 22.2 Å². The molecule has 12 heavy (non-hydrogen) atoms. The summed E-state index contributed by atoms with van der Waals surface area (Å²) in [5.41, 5.74) is 0. The Morgan fingerprint density at radius 2 is 2.17 bits per heavy atom. The van der Waals surface area contributed by atoms with Crippen LogP contribution in [0.15, 0.2) is 12.4 Å². The third-order valence-corrected chi connectivity index (χ3v) is 3.21. The van der Waals surface area contributed by atoms with E-state index in [2.05, 4.69) is 11.3 Å². The summed E-state index contributed by atoms with van der Waals surface area (Å²) in [5, 5.41) is 0. The predicted octanol–water partition coefficient (Wildman–Crippen LogP) is 2.56. The minimum absolute atomic E-state index is 0.0392. The maximum Gasteiger partial charge on any atom is 0.366 e. The lowest BCUT2D eigenvalue weighted by Crippen LogP contribution is -2.17. The summed E-state index contributed by atoms with van der Waals surface area (Å²) in [6, 6.07) is 0.384. The Bertz CT molecular complexity index is 190. The lowest BCUT2D eigenvalue weighted by atomic mass is 10.6. The lowest BCUT2D eigenvalue weighted by molar-refractivity contribution is -0.140. The van der Waals surface area contributed by atoms with Crippen LogP contribution in [0.25, 0.3) is 0 Å². The van der Waals surface area contributed by atoms with Crippen molar-refractivity contribution in [1.29, 1.82) is 0 Å². The average molecular weight is 231 g/mol. The second-order valence-corrected chi connectivity index (χ2v) is 10.6. The van der Waals surface area contributed by atoms with Crippen molar-refractivity contribution < 1.29 is 13.9 Å². The highest BCUT2D eigenvalue weighted by atomic mass is 35.7. The molecule has 6 heteroatoms. The highest BCUT2D eigenvalue weighted by molar-refractivity contribution is 7.44. The molecule has 0 fully saturated rings. The number of halogens is 3. The van der Waals surface area contributed by atoms with E-state index in [-0.39, 0.29) is 6.61 Å². The number of rotatable bonds is 4. The van der Waals surface area contributed by atoms with Crippen molar-refractivity contribution in [1.82, 2.24) is 0 Å². The number of ether oxygens (including phenoxy) is 1. The van der Waals surface area contributed by atoms with Gasteiger partial charge < -0.3 is 4.74 Å². The highest BCUT2D eigenvalue weighted by Gasteiger charge is 2.21. The Morgan fingerprint density at radius 1 is 1.67 bits per heavy atom. The Hall–Kier alpha value is -0.0631. The molecule has 0 aromatic carbocycles. The predicted molar refractivity (Wildman–Crippen MR) is 49.3 cm³/mol. The zero-order valence-electron chi connectivity index (χ0n) is 6.57. The normalized spacial score (nSPS) is 11.0. The van der Waals surface area contributed by atoms with Crippen LogP contribution < -0.4 is 0 Å². The smallest absolute Gasteiger partial charge is 0.366 e. The van der Waals surface area contributed by atoms with E-state index in [1.807, 2.05) is 0 Å². The summed E-state index contributed by atoms with van der Waals surface area (Å²) in [5.74, 6) is -2.16. The molecule has 0 N–H and O–H groups in total. The number of hydrogen-bond acceptors (Lipinski definition) is 2. The van der Waals surface area contributed by atoms with Gasteiger partial charge in [0.25, 0.3) is 6.69 Å². The Morgan fingerprint density at radius 3 is 2.50 bits per heavy atom. The molecular formula is C6H9Cl2FO2Si. The number of esters is 1. The van der Waals surface area contributed by atoms with Gasteiger partial charge in [0.05, 0.1) is 6.61 Å². The van der Waals surface area contributed by atoms with E-state index in [0.29, 0.717) is 6.04 Å². The molecule has 0 spiro atoms. The van der Waals surface area contributed by atoms with Gasteiger partial charge in [0, 0.05) is 6.04 Å². The Balaban J connectivity index is 3.58. The summed E-state index contributed by atoms with van der Waals surface area (Å²) in [4.78, 5) is 10.5. The van der Waals surface area contributed by atoms with Gasteiger partial charge in [-0.2, -0.15) is 4.39 Å². The summed E-state index contributed by atoms with van der Waals surface area (Å²) < 4.78 is 16.4. The standard InChI is InChI=1S/C6H9Cl2FO2Si/c1-5(9)6(10)11-3-4-12(2,7)8/h1,3-4H2,2H3. The van der Waals surface area contributed by atoms with Gasteiger partial charge in [0.2, 0.25) is 5.83 Å². The van der Waals surface area contributed by atoms with Gasteiger partial charge in [-0.3, -0.25) is 0 Å². The molecule has 70 valence electrons. The first-order chi connectivity index (χ1) is 5.33. The van der Waals surface area contributed by atoms with Crippen LogP contribution in [-0.2, 0) is 9.53 Å². The Kier molecular flexibility index (Phi) is 4.81. The summed E-state index contributed by atoms with van der Waals surface area (Å²) >= 11 is 11.4. The van der Waals surface area contributed by atoms with E-state index in [0.717, 1.165) is 0 Å². The van der Waals surface area contributed by atoms with E-state index in [9.17, 15) is 9.18 Å². The largest absolute Gasteiger partial charge is 0.461 e. The monoisotopic (exact) mass is 230 g/mol. The van der Waals surface area contributed by atoms with Crippen LogP contribution in [0.2, 0.25) is 12.6 Å². The molecule has 0 atom stereocenters. The zero-order chi connectivity index (χ0) is 9.78. The fourth-order valence-corrected chi connectivity index (χ4v) is 1.32. The molecule has 2 nitrogen and oxygen atoms in total. The summed E-state index contributed by atoms with van der Waals surface area (Å²) in [6.45, 7) is 2.26. The molecule has 0 aliphatic carbocycles. The molecule has 0 saturated carbocycles. The van der Waals surface area contributed by atoms with E-state index < -0.39 is 18.5 Å². The fraction of sp³-hybridized carbons (Fsp3) is 0.500. The van der Waals surface area contributed by atoms with E-state index in [1.54, 1.807) is 6.55 Å². The van der Waals surface area contributed by atoms with Crippen molar-refractivity contribution in [2.75, 3.05) is 6.61 Å². The number of carbonyl (C=O) groups excluding carboxylic acids is 1. The van der Waals surface area contributed by atoms with Crippen LogP contribution in [0.1, 0.15) is 0 Å². The van der Waals surface area contributed by atoms with Gasteiger partial charge in [-0.15, -0.1) is 22.2 Å². The van der Waals surface area contributed by atoms with E-state index >= 15 is 0 Å². The third-order valence-electron chi connectivity index (χ3n) is 0.996. The molecule has 0 bridgehead atoms. The molecule has 0 radical (unpaired) electrons. The SMILES string of the molecule is C=C(F)C(=O)OCC[Si](C)(Cl)Cl. The third kappa shape index (κ3) is 6.63. The van der Waals surface area contributed by atoms with Crippen LogP contribution in [0.4, 0.5) is 4.39 Å². The number of carbonyl (C=O) groups is 1. The molecule has 0 aromatic heterocycles. The summed E-state index contributed by atoms with van der Waals surface area (Å²) in [7, 11) is 0. The molecule has 0 unspecified atom stereocenters. The second kappa shape index (κ2) is 4.84. The topological polar surface area (TPSA) is 26.3 Å². The van der Waals surface area contributed by atoms with Gasteiger partial charge in [-0.25, -0.2) is 4.79 Å². The molecule has 0 amide bonds. The fourth-order valence-electron chi connectivity index (χ4n) is 0.401. The molecule has 0 aliphatic rings. The first-order valence-electron chi connectivity index (χ1n) is 3.22. The maximum absolute atomic E-state index is 12.0. The van der Waals surface area contributed by atoms with Crippen molar-refractivity contribution >= 4 is 34.8 Å². The zero-order valence-corrected chi connectivity index (χ0v) is 9.08. The van der Waals surface area contributed by atoms with Gasteiger partial charge >= 0.3 is 5.97 Å². The van der Waals surface area contributed by atoms with Crippen molar-refractivity contribution in [3.63, 3.8) is 0 Å². The van der Waals surface area contributed by atoms with Gasteiger partial charge in [-0.1, -0.05) is 6.58 Å². The molecular weight excluding hydrogens is 222 g/mol. The van der Waals surface area contributed by atoms with Gasteiger partial charge in [0.1, 0.15) is 0 Å². The van der Waals surface area contributed by atoms with Crippen LogP contribution >= 0.6 is 22.2 Å². The van der Waals surface area contributed by atoms with Crippen molar-refractivity contribution in [3.05, 3.63) is 12.4 Å². The van der Waals surface area contributed by atoms with Crippen molar-refractivity contribution in [3.8, 4) is 0 Å². The number of hydrogen-bond donors (Lipinski definition) is 0. The van der Waals surface area contributed by atoms with Crippen LogP contribution in [0, 0.1) is 0 Å². The van der Waals surface area contributed by atoms with Crippen LogP contribution in [-0.4, -0.2) is 19.3 Å². The first kappa shape index (κ1) is 11.9. The van der Waals surface area contributed by atoms with Gasteiger partial charge in [0.15, 0.2) is 0 Å². The Labute approximate surface area is 80.7 Å². The summed E-state index contributed by atoms with van der Waals surface area (Å²) in [6.07, 6.45) is 0. The van der Waals surface area contributed by atoms with Crippen LogP contribution in [0.3, 0.4) is 0 Å². The van der Waals surface area contributed by atoms with Gasteiger partial charge in [-0.05, 0) is 6.55 Å². The van der Waals surface area contributed by atoms with Crippen molar-refractivity contribution in [2.45, 2.75) is 12.6 Å².